The Bertz CT molecular complexity index is 990. The first-order valence-electron chi connectivity index (χ1n) is 9.66. The van der Waals surface area contributed by atoms with Crippen LogP contribution in [0.15, 0.2) is 89.7 Å². The number of benzene rings is 3. The molecule has 1 amide bonds. The highest BCUT2D eigenvalue weighted by Crippen LogP contribution is 2.50. The zero-order chi connectivity index (χ0) is 21.8. The Balaban J connectivity index is 0.00000124. The first-order valence-corrected chi connectivity index (χ1v) is 10.5. The molecule has 0 saturated heterocycles. The Morgan fingerprint density at radius 1 is 0.767 bits per heavy atom. The number of fused-ring (bicyclic) bond motifs is 2. The lowest BCUT2D eigenvalue weighted by Crippen LogP contribution is -2.28. The molecule has 1 heterocycles. The van der Waals surface area contributed by atoms with Gasteiger partial charge in [0.2, 0.25) is 0 Å². The smallest absolute Gasteiger partial charge is 0.262 e. The monoisotopic (exact) mass is 417 g/mol. The first kappa shape index (κ1) is 21.5. The highest BCUT2D eigenvalue weighted by Gasteiger charge is 2.29. The van der Waals surface area contributed by atoms with Crippen molar-refractivity contribution >= 4 is 40.4 Å². The molecule has 0 radical (unpaired) electrons. The van der Waals surface area contributed by atoms with Gasteiger partial charge < -0.3 is 9.80 Å². The van der Waals surface area contributed by atoms with E-state index in [1.54, 1.807) is 11.8 Å². The van der Waals surface area contributed by atoms with Crippen molar-refractivity contribution in [1.29, 1.82) is 0 Å². The van der Waals surface area contributed by atoms with Crippen molar-refractivity contribution in [2.24, 2.45) is 0 Å². The lowest BCUT2D eigenvalue weighted by molar-refractivity contribution is 0.0998. The third kappa shape index (κ3) is 4.07. The number of carbonyl (C=O) groups is 1. The fourth-order valence-electron chi connectivity index (χ4n) is 3.27. The van der Waals surface area contributed by atoms with E-state index in [-0.39, 0.29) is 5.91 Å². The summed E-state index contributed by atoms with van der Waals surface area (Å²) in [6.07, 6.45) is 0. The summed E-state index contributed by atoms with van der Waals surface area (Å²) >= 11 is 1.71. The summed E-state index contributed by atoms with van der Waals surface area (Å²) in [7, 11) is 8.11. The van der Waals surface area contributed by atoms with Gasteiger partial charge in [-0.1, -0.05) is 30.0 Å². The predicted octanol–water partition coefficient (Wildman–Crippen LogP) is 6.06. The highest BCUT2D eigenvalue weighted by atomic mass is 32.2. The van der Waals surface area contributed by atoms with Gasteiger partial charge in [-0.2, -0.15) is 0 Å². The van der Waals surface area contributed by atoms with E-state index in [9.17, 15) is 4.79 Å². The maximum atomic E-state index is 13.5. The van der Waals surface area contributed by atoms with E-state index in [2.05, 4.69) is 47.2 Å². The molecule has 4 nitrogen and oxygen atoms in total. The first-order chi connectivity index (χ1) is 14.5. The number of hydrogen-bond acceptors (Lipinski definition) is 4. The number of hydrogen-bond donors (Lipinski definition) is 0. The summed E-state index contributed by atoms with van der Waals surface area (Å²) < 4.78 is 0. The maximum absolute atomic E-state index is 13.5. The summed E-state index contributed by atoms with van der Waals surface area (Å²) in [6.45, 7) is 6.00. The second-order valence-corrected chi connectivity index (χ2v) is 8.29. The number of rotatable bonds is 3. The fourth-order valence-corrected chi connectivity index (χ4v) is 4.40. The van der Waals surface area contributed by atoms with E-state index in [1.165, 1.54) is 0 Å². The van der Waals surface area contributed by atoms with E-state index in [1.807, 2.05) is 75.6 Å². The van der Waals surface area contributed by atoms with Crippen molar-refractivity contribution < 1.29 is 4.79 Å². The zero-order valence-corrected chi connectivity index (χ0v) is 18.7. The van der Waals surface area contributed by atoms with Crippen molar-refractivity contribution in [3.05, 3.63) is 85.5 Å². The van der Waals surface area contributed by atoms with Gasteiger partial charge in [-0.15, -0.1) is 13.2 Å². The lowest BCUT2D eigenvalue weighted by atomic mass is 10.1. The molecule has 4 rings (SSSR count). The average molecular weight is 418 g/mol. The normalized spacial score (nSPS) is 11.5. The molecule has 0 N–H and O–H groups in total. The fraction of sp³-hybridized carbons (Fsp3) is 0.160. The third-order valence-corrected chi connectivity index (χ3v) is 5.94. The van der Waals surface area contributed by atoms with Gasteiger partial charge >= 0.3 is 0 Å². The van der Waals surface area contributed by atoms with Gasteiger partial charge in [0, 0.05) is 54.9 Å². The van der Waals surface area contributed by atoms with Crippen LogP contribution in [0.4, 0.5) is 22.7 Å². The van der Waals surface area contributed by atoms with Crippen molar-refractivity contribution in [2.45, 2.75) is 9.79 Å². The lowest BCUT2D eigenvalue weighted by Gasteiger charge is -2.32. The number of amides is 1. The van der Waals surface area contributed by atoms with Crippen LogP contribution in [0, 0.1) is 0 Å². The molecule has 0 bridgehead atoms. The van der Waals surface area contributed by atoms with Crippen LogP contribution in [-0.4, -0.2) is 34.1 Å². The Morgan fingerprint density at radius 2 is 1.23 bits per heavy atom. The molecule has 1 aliphatic heterocycles. The van der Waals surface area contributed by atoms with E-state index in [0.29, 0.717) is 5.56 Å². The standard InChI is InChI=1S/C23H23N3OS.C2H4/c1-24(2)17-10-12-19-21(14-17)28-22-15-18(25(3)4)11-13-20(22)26(19)23(27)16-8-6-5-7-9-16;1-2/h5-15H,1-4H3;1-2H2. The summed E-state index contributed by atoms with van der Waals surface area (Å²) in [5, 5.41) is 0. The quantitative estimate of drug-likeness (QED) is 0.484. The van der Waals surface area contributed by atoms with Gasteiger partial charge in [0.1, 0.15) is 0 Å². The van der Waals surface area contributed by atoms with Gasteiger partial charge in [-0.05, 0) is 48.5 Å². The molecule has 0 fully saturated rings. The molecule has 1 aliphatic rings. The van der Waals surface area contributed by atoms with Gasteiger partial charge in [-0.25, -0.2) is 0 Å². The summed E-state index contributed by atoms with van der Waals surface area (Å²) in [5.41, 5.74) is 4.76. The van der Waals surface area contributed by atoms with Crippen LogP contribution in [0.2, 0.25) is 0 Å². The molecule has 0 saturated carbocycles. The van der Waals surface area contributed by atoms with Crippen LogP contribution in [0.1, 0.15) is 10.4 Å². The second-order valence-electron chi connectivity index (χ2n) is 7.20. The average Bonchev–Trinajstić information content (AvgIpc) is 2.78. The van der Waals surface area contributed by atoms with Gasteiger partial charge in [-0.3, -0.25) is 9.69 Å². The summed E-state index contributed by atoms with van der Waals surface area (Å²) in [4.78, 5) is 21.6. The Kier molecular flexibility index (Phi) is 6.53. The maximum Gasteiger partial charge on any atom is 0.262 e. The van der Waals surface area contributed by atoms with Crippen molar-refractivity contribution in [2.75, 3.05) is 42.9 Å². The molecule has 0 unspecified atom stereocenters. The second kappa shape index (κ2) is 9.09. The SMILES string of the molecule is C=C.CN(C)c1ccc2c(c1)Sc1cc(N(C)C)ccc1N2C(=O)c1ccccc1. The van der Waals surface area contributed by atoms with Crippen molar-refractivity contribution in [3.63, 3.8) is 0 Å². The molecule has 3 aromatic rings. The third-order valence-electron chi connectivity index (χ3n) is 4.85. The Labute approximate surface area is 183 Å². The van der Waals surface area contributed by atoms with Crippen LogP contribution in [0.3, 0.4) is 0 Å². The Morgan fingerprint density at radius 3 is 1.67 bits per heavy atom. The topological polar surface area (TPSA) is 26.8 Å². The van der Waals surface area contributed by atoms with Crippen molar-refractivity contribution in [3.8, 4) is 0 Å². The molecular formula is C25H27N3OS. The van der Waals surface area contributed by atoms with Crippen LogP contribution in [0.25, 0.3) is 0 Å². The molecule has 0 atom stereocenters. The van der Waals surface area contributed by atoms with Gasteiger partial charge in [0.25, 0.3) is 5.91 Å². The zero-order valence-electron chi connectivity index (χ0n) is 17.9. The minimum absolute atomic E-state index is 0.0152. The number of nitrogens with zero attached hydrogens (tertiary/aromatic N) is 3. The van der Waals surface area contributed by atoms with E-state index >= 15 is 0 Å². The summed E-state index contributed by atoms with van der Waals surface area (Å²) in [6, 6.07) is 22.0. The minimum Gasteiger partial charge on any atom is -0.378 e. The molecule has 0 aromatic heterocycles. The minimum atomic E-state index is -0.0152. The number of carbonyl (C=O) groups excluding carboxylic acids is 1. The molecule has 30 heavy (non-hydrogen) atoms. The van der Waals surface area contributed by atoms with Crippen molar-refractivity contribution in [1.82, 2.24) is 0 Å². The van der Waals surface area contributed by atoms with Crippen LogP contribution in [0.5, 0.6) is 0 Å². The molecule has 0 spiro atoms. The van der Waals surface area contributed by atoms with Crippen LogP contribution in [-0.2, 0) is 0 Å². The van der Waals surface area contributed by atoms with Crippen LogP contribution >= 0.6 is 11.8 Å². The van der Waals surface area contributed by atoms with Crippen LogP contribution < -0.4 is 14.7 Å². The predicted molar refractivity (Wildman–Crippen MR) is 130 cm³/mol. The summed E-state index contributed by atoms with van der Waals surface area (Å²) in [5.74, 6) is -0.0152. The molecule has 3 aromatic carbocycles. The largest absolute Gasteiger partial charge is 0.378 e. The Hall–Kier alpha value is -3.18. The van der Waals surface area contributed by atoms with E-state index < -0.39 is 0 Å². The molecule has 0 aliphatic carbocycles. The molecular weight excluding hydrogens is 390 g/mol. The molecule has 5 heteroatoms. The van der Waals surface area contributed by atoms with Gasteiger partial charge in [0.05, 0.1) is 11.4 Å². The van der Waals surface area contributed by atoms with E-state index in [0.717, 1.165) is 32.5 Å². The number of anilines is 4. The highest BCUT2D eigenvalue weighted by molar-refractivity contribution is 7.99. The van der Waals surface area contributed by atoms with E-state index in [4.69, 9.17) is 0 Å². The molecule has 154 valence electrons. The van der Waals surface area contributed by atoms with Gasteiger partial charge in [0.15, 0.2) is 0 Å².